The van der Waals surface area contributed by atoms with Crippen molar-refractivity contribution in [3.63, 3.8) is 0 Å². The fourth-order valence-electron chi connectivity index (χ4n) is 1.26. The molecule has 0 fully saturated rings. The third-order valence-electron chi connectivity index (χ3n) is 1.92. The highest BCUT2D eigenvalue weighted by molar-refractivity contribution is 14.1. The average molecular weight is 340 g/mol. The summed E-state index contributed by atoms with van der Waals surface area (Å²) >= 11 is 8.09. The maximum absolute atomic E-state index is 5.88. The first-order valence-corrected chi connectivity index (χ1v) is 5.27. The normalized spacial score (nSPS) is 9.86. The van der Waals surface area contributed by atoms with Crippen LogP contribution in [0.2, 0.25) is 5.02 Å². The van der Waals surface area contributed by atoms with Gasteiger partial charge in [0.05, 0.1) is 0 Å². The van der Waals surface area contributed by atoms with E-state index in [9.17, 15) is 0 Å². The van der Waals surface area contributed by atoms with Gasteiger partial charge < -0.3 is 5.73 Å². The minimum Gasteiger partial charge on any atom is -0.398 e. The molecule has 0 atom stereocenters. The molecule has 0 aliphatic rings. The zero-order valence-electron chi connectivity index (χ0n) is 7.13. The molecule has 4 heteroatoms. The van der Waals surface area contributed by atoms with Crippen LogP contribution in [-0.2, 0) is 0 Å². The Bertz CT molecular complexity index is 471. The standard InChI is InChI=1S/C10H7ClIN.ClH/c11-8-2-1-6-5-10(13)9(12)4-7(6)3-8;/h1-5H,13H2;1H. The lowest BCUT2D eigenvalue weighted by atomic mass is 10.1. The van der Waals surface area contributed by atoms with Crippen LogP contribution in [0.25, 0.3) is 10.8 Å². The van der Waals surface area contributed by atoms with Crippen molar-refractivity contribution in [1.82, 2.24) is 0 Å². The Morgan fingerprint density at radius 3 is 2.50 bits per heavy atom. The smallest absolute Gasteiger partial charge is 0.0456 e. The molecule has 14 heavy (non-hydrogen) atoms. The molecule has 0 saturated carbocycles. The van der Waals surface area contributed by atoms with E-state index in [-0.39, 0.29) is 12.4 Å². The molecule has 2 aromatic rings. The summed E-state index contributed by atoms with van der Waals surface area (Å²) in [4.78, 5) is 0. The second kappa shape index (κ2) is 4.55. The van der Waals surface area contributed by atoms with Crippen LogP contribution in [-0.4, -0.2) is 0 Å². The summed E-state index contributed by atoms with van der Waals surface area (Å²) < 4.78 is 1.06. The predicted molar refractivity (Wildman–Crippen MR) is 73.3 cm³/mol. The molecule has 74 valence electrons. The summed E-state index contributed by atoms with van der Waals surface area (Å²) in [6, 6.07) is 9.79. The van der Waals surface area contributed by atoms with E-state index in [0.29, 0.717) is 0 Å². The van der Waals surface area contributed by atoms with Crippen LogP contribution in [0.5, 0.6) is 0 Å². The predicted octanol–water partition coefficient (Wildman–Crippen LogP) is 4.10. The van der Waals surface area contributed by atoms with Crippen molar-refractivity contribution in [2.24, 2.45) is 0 Å². The minimum atomic E-state index is 0. The maximum Gasteiger partial charge on any atom is 0.0456 e. The second-order valence-electron chi connectivity index (χ2n) is 2.87. The van der Waals surface area contributed by atoms with Crippen LogP contribution in [0.3, 0.4) is 0 Å². The van der Waals surface area contributed by atoms with E-state index in [0.717, 1.165) is 25.1 Å². The van der Waals surface area contributed by atoms with Crippen LogP contribution >= 0.6 is 46.6 Å². The quantitative estimate of drug-likeness (QED) is 0.567. The van der Waals surface area contributed by atoms with E-state index >= 15 is 0 Å². The van der Waals surface area contributed by atoms with E-state index in [1.165, 1.54) is 0 Å². The molecular weight excluding hydrogens is 332 g/mol. The van der Waals surface area contributed by atoms with Crippen LogP contribution in [0, 0.1) is 3.57 Å². The van der Waals surface area contributed by atoms with Gasteiger partial charge in [-0.2, -0.15) is 0 Å². The first-order chi connectivity index (χ1) is 6.16. The van der Waals surface area contributed by atoms with Gasteiger partial charge in [0.1, 0.15) is 0 Å². The molecule has 0 heterocycles. The number of hydrogen-bond donors (Lipinski definition) is 1. The van der Waals surface area contributed by atoms with E-state index < -0.39 is 0 Å². The number of nitrogen functional groups attached to an aromatic ring is 1. The number of fused-ring (bicyclic) bond motifs is 1. The lowest BCUT2D eigenvalue weighted by Crippen LogP contribution is -1.88. The number of benzene rings is 2. The highest BCUT2D eigenvalue weighted by Crippen LogP contribution is 2.25. The monoisotopic (exact) mass is 339 g/mol. The van der Waals surface area contributed by atoms with Gasteiger partial charge in [-0.25, -0.2) is 0 Å². The van der Waals surface area contributed by atoms with Crippen LogP contribution in [0.15, 0.2) is 30.3 Å². The molecule has 2 rings (SSSR count). The van der Waals surface area contributed by atoms with Gasteiger partial charge in [0.15, 0.2) is 0 Å². The number of nitrogens with two attached hydrogens (primary N) is 1. The van der Waals surface area contributed by atoms with Crippen molar-refractivity contribution < 1.29 is 0 Å². The Morgan fingerprint density at radius 1 is 1.07 bits per heavy atom. The molecule has 0 amide bonds. The van der Waals surface area contributed by atoms with Crippen LogP contribution in [0.4, 0.5) is 5.69 Å². The van der Waals surface area contributed by atoms with Crippen molar-refractivity contribution in [3.8, 4) is 0 Å². The second-order valence-corrected chi connectivity index (χ2v) is 4.46. The molecule has 0 aromatic heterocycles. The van der Waals surface area contributed by atoms with Gasteiger partial charge in [-0.15, -0.1) is 12.4 Å². The van der Waals surface area contributed by atoms with Crippen molar-refractivity contribution in [2.45, 2.75) is 0 Å². The van der Waals surface area contributed by atoms with Crippen molar-refractivity contribution in [1.29, 1.82) is 0 Å². The molecule has 0 aliphatic heterocycles. The lowest BCUT2D eigenvalue weighted by molar-refractivity contribution is 1.67. The largest absolute Gasteiger partial charge is 0.398 e. The van der Waals surface area contributed by atoms with Crippen molar-refractivity contribution in [3.05, 3.63) is 38.9 Å². The Labute approximate surface area is 107 Å². The van der Waals surface area contributed by atoms with Gasteiger partial charge in [0.2, 0.25) is 0 Å². The highest BCUT2D eigenvalue weighted by atomic mass is 127. The third kappa shape index (κ3) is 2.24. The Morgan fingerprint density at radius 2 is 1.79 bits per heavy atom. The SMILES string of the molecule is Cl.Nc1cc2ccc(Cl)cc2cc1I. The first kappa shape index (κ1) is 11.9. The van der Waals surface area contributed by atoms with Gasteiger partial charge in [0, 0.05) is 14.3 Å². The van der Waals surface area contributed by atoms with E-state index in [1.54, 1.807) is 0 Å². The summed E-state index contributed by atoms with van der Waals surface area (Å²) in [5.74, 6) is 0. The zero-order chi connectivity index (χ0) is 9.42. The Kier molecular flexibility index (Phi) is 3.86. The minimum absolute atomic E-state index is 0. The van der Waals surface area contributed by atoms with Gasteiger partial charge >= 0.3 is 0 Å². The molecule has 1 nitrogen and oxygen atoms in total. The molecule has 0 spiro atoms. The first-order valence-electron chi connectivity index (χ1n) is 3.81. The lowest BCUT2D eigenvalue weighted by Gasteiger charge is -2.02. The highest BCUT2D eigenvalue weighted by Gasteiger charge is 1.99. The summed E-state index contributed by atoms with van der Waals surface area (Å²) in [6.07, 6.45) is 0. The average Bonchev–Trinajstić information content (AvgIpc) is 2.08. The molecule has 0 radical (unpaired) electrons. The number of anilines is 1. The Hall–Kier alpha value is -0.190. The molecule has 0 saturated heterocycles. The number of rotatable bonds is 0. The fraction of sp³-hybridized carbons (Fsp3) is 0. The molecular formula is C10H8Cl2IN. The summed E-state index contributed by atoms with van der Waals surface area (Å²) in [6.45, 7) is 0. The number of hydrogen-bond acceptors (Lipinski definition) is 1. The fourth-order valence-corrected chi connectivity index (χ4v) is 1.93. The molecule has 2 N–H and O–H groups in total. The van der Waals surface area contributed by atoms with Crippen molar-refractivity contribution >= 4 is 63.1 Å². The van der Waals surface area contributed by atoms with Gasteiger partial charge in [-0.3, -0.25) is 0 Å². The maximum atomic E-state index is 5.88. The Balaban J connectivity index is 0.000000980. The van der Waals surface area contributed by atoms with Crippen LogP contribution < -0.4 is 5.73 Å². The van der Waals surface area contributed by atoms with Crippen LogP contribution in [0.1, 0.15) is 0 Å². The molecule has 0 unspecified atom stereocenters. The van der Waals surface area contributed by atoms with E-state index in [2.05, 4.69) is 22.6 Å². The zero-order valence-corrected chi connectivity index (χ0v) is 10.9. The summed E-state index contributed by atoms with van der Waals surface area (Å²) in [5, 5.41) is 3.02. The van der Waals surface area contributed by atoms with Gasteiger partial charge in [-0.1, -0.05) is 17.7 Å². The summed E-state index contributed by atoms with van der Waals surface area (Å²) in [5.41, 5.74) is 6.60. The van der Waals surface area contributed by atoms with Gasteiger partial charge in [0.25, 0.3) is 0 Å². The van der Waals surface area contributed by atoms with E-state index in [1.807, 2.05) is 30.3 Å². The summed E-state index contributed by atoms with van der Waals surface area (Å²) in [7, 11) is 0. The topological polar surface area (TPSA) is 26.0 Å². The third-order valence-corrected chi connectivity index (χ3v) is 3.09. The van der Waals surface area contributed by atoms with Gasteiger partial charge in [-0.05, 0) is 57.6 Å². The molecule has 2 aromatic carbocycles. The molecule has 0 aliphatic carbocycles. The van der Waals surface area contributed by atoms with E-state index in [4.69, 9.17) is 17.3 Å². The number of halogens is 3. The molecule has 0 bridgehead atoms. The van der Waals surface area contributed by atoms with Crippen molar-refractivity contribution in [2.75, 3.05) is 5.73 Å².